The van der Waals surface area contributed by atoms with E-state index in [4.69, 9.17) is 5.73 Å². The summed E-state index contributed by atoms with van der Waals surface area (Å²) in [7, 11) is 0. The molecule has 0 radical (unpaired) electrons. The molecule has 10 heavy (non-hydrogen) atoms. The number of nitrogens with two attached hydrogens (primary N) is 1. The predicted octanol–water partition coefficient (Wildman–Crippen LogP) is -0.553. The van der Waals surface area contributed by atoms with Gasteiger partial charge in [-0.15, -0.1) is 0 Å². The summed E-state index contributed by atoms with van der Waals surface area (Å²) in [6, 6.07) is 0.174. The molecule has 0 aromatic rings. The fraction of sp³-hybridized carbons (Fsp3) is 1.00. The van der Waals surface area contributed by atoms with Gasteiger partial charge in [-0.25, -0.2) is 0 Å². The van der Waals surface area contributed by atoms with Crippen molar-refractivity contribution >= 4 is 0 Å². The molecule has 0 saturated carbocycles. The molecular weight excluding hydrogens is 128 g/mol. The van der Waals surface area contributed by atoms with Crippen LogP contribution in [0.2, 0.25) is 0 Å². The van der Waals surface area contributed by atoms with Crippen molar-refractivity contribution in [2.75, 3.05) is 6.54 Å². The lowest BCUT2D eigenvalue weighted by Crippen LogP contribution is -2.51. The zero-order valence-corrected chi connectivity index (χ0v) is 6.59. The molecule has 0 aromatic heterocycles. The van der Waals surface area contributed by atoms with Crippen LogP contribution in [0.25, 0.3) is 0 Å². The van der Waals surface area contributed by atoms with Crippen molar-refractivity contribution in [2.24, 2.45) is 5.73 Å². The van der Waals surface area contributed by atoms with Crippen molar-refractivity contribution in [2.45, 2.75) is 38.0 Å². The minimum absolute atomic E-state index is 0.0625. The summed E-state index contributed by atoms with van der Waals surface area (Å²) < 4.78 is 0. The fourth-order valence-electron chi connectivity index (χ4n) is 1.50. The summed E-state index contributed by atoms with van der Waals surface area (Å²) in [5.41, 5.74) is 5.06. The lowest BCUT2D eigenvalue weighted by atomic mass is 9.94. The van der Waals surface area contributed by atoms with Gasteiger partial charge in [0.25, 0.3) is 0 Å². The molecule has 1 aliphatic rings. The Morgan fingerprint density at radius 3 is 2.40 bits per heavy atom. The SMILES string of the molecule is CC(C)(O)C1NCCC1N. The molecule has 1 fully saturated rings. The molecule has 4 N–H and O–H groups in total. The van der Waals surface area contributed by atoms with Crippen LogP contribution in [0.15, 0.2) is 0 Å². The molecule has 60 valence electrons. The van der Waals surface area contributed by atoms with Gasteiger partial charge in [0.2, 0.25) is 0 Å². The third-order valence-corrected chi connectivity index (χ3v) is 2.03. The van der Waals surface area contributed by atoms with Gasteiger partial charge >= 0.3 is 0 Å². The Bertz CT molecular complexity index is 119. The maximum atomic E-state index is 9.55. The first-order chi connectivity index (χ1) is 4.52. The lowest BCUT2D eigenvalue weighted by Gasteiger charge is -2.28. The summed E-state index contributed by atoms with van der Waals surface area (Å²) in [6.45, 7) is 4.50. The molecule has 2 atom stereocenters. The van der Waals surface area contributed by atoms with E-state index in [2.05, 4.69) is 5.32 Å². The van der Waals surface area contributed by atoms with Gasteiger partial charge in [0.05, 0.1) is 11.6 Å². The number of nitrogens with one attached hydrogen (secondary N) is 1. The third kappa shape index (κ3) is 1.48. The van der Waals surface area contributed by atoms with Gasteiger partial charge in [-0.1, -0.05) is 0 Å². The van der Waals surface area contributed by atoms with E-state index in [0.29, 0.717) is 0 Å². The molecule has 0 aliphatic carbocycles. The van der Waals surface area contributed by atoms with Crippen LogP contribution in [0.1, 0.15) is 20.3 Å². The first-order valence-corrected chi connectivity index (χ1v) is 3.73. The zero-order chi connectivity index (χ0) is 7.78. The highest BCUT2D eigenvalue weighted by molar-refractivity contribution is 4.96. The molecule has 0 amide bonds. The van der Waals surface area contributed by atoms with E-state index in [-0.39, 0.29) is 12.1 Å². The summed E-state index contributed by atoms with van der Waals surface area (Å²) in [4.78, 5) is 0. The Balaban J connectivity index is 2.55. The predicted molar refractivity (Wildman–Crippen MR) is 40.7 cm³/mol. The number of hydrogen-bond donors (Lipinski definition) is 3. The van der Waals surface area contributed by atoms with Crippen LogP contribution >= 0.6 is 0 Å². The first kappa shape index (κ1) is 7.98. The second kappa shape index (κ2) is 2.49. The Hall–Kier alpha value is -0.120. The highest BCUT2D eigenvalue weighted by atomic mass is 16.3. The van der Waals surface area contributed by atoms with Crippen LogP contribution in [0.5, 0.6) is 0 Å². The van der Waals surface area contributed by atoms with Gasteiger partial charge in [0.1, 0.15) is 0 Å². The van der Waals surface area contributed by atoms with Crippen molar-refractivity contribution in [3.8, 4) is 0 Å². The van der Waals surface area contributed by atoms with Crippen LogP contribution in [-0.2, 0) is 0 Å². The van der Waals surface area contributed by atoms with Gasteiger partial charge in [-0.3, -0.25) is 0 Å². The Morgan fingerprint density at radius 2 is 2.20 bits per heavy atom. The van der Waals surface area contributed by atoms with Crippen molar-refractivity contribution in [3.05, 3.63) is 0 Å². The van der Waals surface area contributed by atoms with Crippen LogP contribution in [0.3, 0.4) is 0 Å². The molecule has 0 bridgehead atoms. The Kier molecular flexibility index (Phi) is 1.99. The topological polar surface area (TPSA) is 58.3 Å². The van der Waals surface area contributed by atoms with E-state index < -0.39 is 5.60 Å². The minimum atomic E-state index is -0.685. The van der Waals surface area contributed by atoms with Crippen LogP contribution in [0, 0.1) is 0 Å². The van der Waals surface area contributed by atoms with Crippen molar-refractivity contribution in [1.29, 1.82) is 0 Å². The summed E-state index contributed by atoms with van der Waals surface area (Å²) in [6.07, 6.45) is 0.967. The van der Waals surface area contributed by atoms with Crippen LogP contribution in [-0.4, -0.2) is 29.3 Å². The third-order valence-electron chi connectivity index (χ3n) is 2.03. The zero-order valence-electron chi connectivity index (χ0n) is 6.59. The highest BCUT2D eigenvalue weighted by Crippen LogP contribution is 2.16. The minimum Gasteiger partial charge on any atom is -0.389 e. The smallest absolute Gasteiger partial charge is 0.0759 e. The van der Waals surface area contributed by atoms with Gasteiger partial charge in [-0.2, -0.15) is 0 Å². The van der Waals surface area contributed by atoms with Crippen molar-refractivity contribution in [1.82, 2.24) is 5.32 Å². The summed E-state index contributed by atoms with van der Waals surface area (Å²) >= 11 is 0. The Labute approximate surface area is 61.6 Å². The summed E-state index contributed by atoms with van der Waals surface area (Å²) in [5.74, 6) is 0. The average molecular weight is 144 g/mol. The van der Waals surface area contributed by atoms with Crippen molar-refractivity contribution in [3.63, 3.8) is 0 Å². The average Bonchev–Trinajstić information content (AvgIpc) is 2.11. The fourth-order valence-corrected chi connectivity index (χ4v) is 1.50. The van der Waals surface area contributed by atoms with Gasteiger partial charge in [0.15, 0.2) is 0 Å². The normalized spacial score (nSPS) is 34.8. The molecule has 3 heteroatoms. The molecule has 2 unspecified atom stereocenters. The molecule has 3 nitrogen and oxygen atoms in total. The molecule has 1 aliphatic heterocycles. The molecule has 1 rings (SSSR count). The van der Waals surface area contributed by atoms with E-state index in [1.165, 1.54) is 0 Å². The molecule has 1 heterocycles. The van der Waals surface area contributed by atoms with E-state index in [0.717, 1.165) is 13.0 Å². The highest BCUT2D eigenvalue weighted by Gasteiger charge is 2.34. The molecule has 0 aromatic carbocycles. The lowest BCUT2D eigenvalue weighted by molar-refractivity contribution is 0.0397. The van der Waals surface area contributed by atoms with E-state index >= 15 is 0 Å². The quantitative estimate of drug-likeness (QED) is 0.462. The number of aliphatic hydroxyl groups is 1. The molecule has 0 spiro atoms. The largest absolute Gasteiger partial charge is 0.389 e. The Morgan fingerprint density at radius 1 is 1.60 bits per heavy atom. The van der Waals surface area contributed by atoms with E-state index in [1.54, 1.807) is 13.8 Å². The second-order valence-electron chi connectivity index (χ2n) is 3.54. The van der Waals surface area contributed by atoms with Gasteiger partial charge in [-0.05, 0) is 26.8 Å². The van der Waals surface area contributed by atoms with Crippen LogP contribution < -0.4 is 11.1 Å². The maximum absolute atomic E-state index is 9.55. The molecule has 1 saturated heterocycles. The first-order valence-electron chi connectivity index (χ1n) is 3.73. The van der Waals surface area contributed by atoms with E-state index in [1.807, 2.05) is 0 Å². The monoisotopic (exact) mass is 144 g/mol. The second-order valence-corrected chi connectivity index (χ2v) is 3.54. The molecular formula is C7H16N2O. The van der Waals surface area contributed by atoms with Gasteiger partial charge in [0, 0.05) is 6.04 Å². The van der Waals surface area contributed by atoms with Crippen molar-refractivity contribution < 1.29 is 5.11 Å². The summed E-state index contributed by atoms with van der Waals surface area (Å²) in [5, 5.41) is 12.7. The standard InChI is InChI=1S/C7H16N2O/c1-7(2,10)6-5(8)3-4-9-6/h5-6,9-10H,3-4,8H2,1-2H3. The maximum Gasteiger partial charge on any atom is 0.0759 e. The van der Waals surface area contributed by atoms with Crippen LogP contribution in [0.4, 0.5) is 0 Å². The van der Waals surface area contributed by atoms with Gasteiger partial charge < -0.3 is 16.2 Å². The van der Waals surface area contributed by atoms with E-state index in [9.17, 15) is 5.11 Å². The number of hydrogen-bond acceptors (Lipinski definition) is 3. The number of rotatable bonds is 1.